The minimum atomic E-state index is -0.279. The molecule has 1 N–H and O–H groups in total. The molecule has 1 atom stereocenters. The molecule has 1 amide bonds. The predicted octanol–water partition coefficient (Wildman–Crippen LogP) is 3.65. The van der Waals surface area contributed by atoms with Crippen LogP contribution in [0.5, 0.6) is 0 Å². The number of aromatic nitrogens is 1. The number of thioether (sulfide) groups is 1. The van der Waals surface area contributed by atoms with Gasteiger partial charge in [-0.3, -0.25) is 9.59 Å². The average molecular weight is 393 g/mol. The molecule has 0 radical (unpaired) electrons. The summed E-state index contributed by atoms with van der Waals surface area (Å²) in [7, 11) is 0. The number of carbonyl (C=O) groups excluding carboxylic acids is 2. The van der Waals surface area contributed by atoms with Crippen LogP contribution >= 0.6 is 23.1 Å². The molecule has 140 valence electrons. The zero-order chi connectivity index (χ0) is 18.8. The molecule has 0 aliphatic carbocycles. The van der Waals surface area contributed by atoms with Crippen molar-refractivity contribution in [1.29, 1.82) is 0 Å². The number of carbonyl (C=O) groups is 2. The van der Waals surface area contributed by atoms with Crippen molar-refractivity contribution in [1.82, 2.24) is 10.3 Å². The molecule has 0 spiro atoms. The van der Waals surface area contributed by atoms with Crippen LogP contribution in [0.3, 0.4) is 0 Å². The van der Waals surface area contributed by atoms with Crippen molar-refractivity contribution in [3.63, 3.8) is 0 Å². The molecule has 1 aromatic heterocycles. The summed E-state index contributed by atoms with van der Waals surface area (Å²) >= 11 is 2.83. The highest BCUT2D eigenvalue weighted by atomic mass is 32.2. The van der Waals surface area contributed by atoms with E-state index in [9.17, 15) is 9.59 Å². The molecule has 5 nitrogen and oxygen atoms in total. The van der Waals surface area contributed by atoms with Gasteiger partial charge in [-0.15, -0.1) is 11.3 Å². The summed E-state index contributed by atoms with van der Waals surface area (Å²) in [6.45, 7) is 4.90. The smallest absolute Gasteiger partial charge is 0.311 e. The van der Waals surface area contributed by atoms with Gasteiger partial charge in [0.2, 0.25) is 5.91 Å². The van der Waals surface area contributed by atoms with E-state index < -0.39 is 0 Å². The molecule has 0 saturated carbocycles. The van der Waals surface area contributed by atoms with Crippen LogP contribution in [0.25, 0.3) is 0 Å². The first-order chi connectivity index (χ1) is 12.6. The topological polar surface area (TPSA) is 68.3 Å². The molecule has 0 fully saturated rings. The minimum Gasteiger partial charge on any atom is -0.466 e. The molecule has 0 aliphatic rings. The second kappa shape index (κ2) is 11.0. The summed E-state index contributed by atoms with van der Waals surface area (Å²) in [6.07, 6.45) is 1.15. The number of nitrogens with zero attached hydrogens (tertiary/aromatic N) is 1. The fourth-order valence-corrected chi connectivity index (χ4v) is 4.11. The van der Waals surface area contributed by atoms with Crippen molar-refractivity contribution < 1.29 is 14.3 Å². The number of hydrogen-bond donors (Lipinski definition) is 1. The van der Waals surface area contributed by atoms with Crippen LogP contribution in [0.2, 0.25) is 0 Å². The number of thiazole rings is 1. The quantitative estimate of drug-likeness (QED) is 0.494. The van der Waals surface area contributed by atoms with Crippen LogP contribution in [-0.2, 0) is 20.7 Å². The van der Waals surface area contributed by atoms with Crippen molar-refractivity contribution in [3.8, 4) is 0 Å². The van der Waals surface area contributed by atoms with E-state index in [1.807, 2.05) is 23.6 Å². The number of esters is 1. The standard InChI is InChI=1S/C19H24N2O3S2/c1-3-14(15-8-6-5-7-9-15)11-20-17(22)13-26-19-21-16(12-25-19)10-18(23)24-4-2/h5-9,12,14H,3-4,10-11,13H2,1-2H3,(H,20,22). The summed E-state index contributed by atoms with van der Waals surface area (Å²) in [4.78, 5) is 27.9. The van der Waals surface area contributed by atoms with E-state index in [0.717, 1.165) is 10.8 Å². The molecule has 1 unspecified atom stereocenters. The molecule has 26 heavy (non-hydrogen) atoms. The molecular formula is C19H24N2O3S2. The van der Waals surface area contributed by atoms with Gasteiger partial charge in [0.05, 0.1) is 24.5 Å². The number of rotatable bonds is 10. The average Bonchev–Trinajstić information content (AvgIpc) is 3.09. The number of nitrogens with one attached hydrogen (secondary N) is 1. The van der Waals surface area contributed by atoms with Crippen molar-refractivity contribution in [3.05, 3.63) is 47.0 Å². The largest absolute Gasteiger partial charge is 0.466 e. The monoisotopic (exact) mass is 392 g/mol. The van der Waals surface area contributed by atoms with Crippen LogP contribution in [0.4, 0.5) is 0 Å². The first-order valence-corrected chi connectivity index (χ1v) is 10.5. The number of hydrogen-bond acceptors (Lipinski definition) is 6. The van der Waals surface area contributed by atoms with E-state index in [1.54, 1.807) is 6.92 Å². The zero-order valence-electron chi connectivity index (χ0n) is 15.1. The molecule has 2 rings (SSSR count). The number of benzene rings is 1. The highest BCUT2D eigenvalue weighted by Crippen LogP contribution is 2.23. The van der Waals surface area contributed by atoms with E-state index in [4.69, 9.17) is 4.74 Å². The zero-order valence-corrected chi connectivity index (χ0v) is 16.7. The second-order valence-corrected chi connectivity index (χ2v) is 7.78. The summed E-state index contributed by atoms with van der Waals surface area (Å²) in [5.74, 6) is 0.351. The van der Waals surface area contributed by atoms with Gasteiger partial charge >= 0.3 is 5.97 Å². The van der Waals surface area contributed by atoms with Gasteiger partial charge in [-0.05, 0) is 18.9 Å². The maximum atomic E-state index is 12.1. The molecule has 7 heteroatoms. The lowest BCUT2D eigenvalue weighted by Crippen LogP contribution is -2.29. The Hall–Kier alpha value is -1.86. The Bertz CT molecular complexity index is 704. The summed E-state index contributed by atoms with van der Waals surface area (Å²) in [5.41, 5.74) is 1.93. The van der Waals surface area contributed by atoms with Crippen molar-refractivity contribution in [2.45, 2.75) is 36.9 Å². The molecular weight excluding hydrogens is 368 g/mol. The highest BCUT2D eigenvalue weighted by Gasteiger charge is 2.13. The second-order valence-electron chi connectivity index (χ2n) is 5.70. The third-order valence-electron chi connectivity index (χ3n) is 3.80. The SMILES string of the molecule is CCOC(=O)Cc1csc(SCC(=O)NCC(CC)c2ccccc2)n1. The third kappa shape index (κ3) is 6.80. The predicted molar refractivity (Wildman–Crippen MR) is 106 cm³/mol. The fourth-order valence-electron chi connectivity index (χ4n) is 2.43. The normalized spacial score (nSPS) is 11.8. The lowest BCUT2D eigenvalue weighted by Gasteiger charge is -2.16. The maximum absolute atomic E-state index is 12.1. The molecule has 0 bridgehead atoms. The van der Waals surface area contributed by atoms with Crippen LogP contribution in [0.15, 0.2) is 40.1 Å². The van der Waals surface area contributed by atoms with Gasteiger partial charge in [-0.2, -0.15) is 0 Å². The van der Waals surface area contributed by atoms with E-state index in [-0.39, 0.29) is 18.3 Å². The molecule has 0 aliphatic heterocycles. The Morgan fingerprint density at radius 2 is 2.04 bits per heavy atom. The summed E-state index contributed by atoms with van der Waals surface area (Å²) < 4.78 is 5.70. The van der Waals surface area contributed by atoms with Gasteiger partial charge in [-0.1, -0.05) is 49.0 Å². The van der Waals surface area contributed by atoms with E-state index in [1.165, 1.54) is 28.7 Å². The molecule has 1 heterocycles. The van der Waals surface area contributed by atoms with Gasteiger partial charge in [0.1, 0.15) is 0 Å². The minimum absolute atomic E-state index is 0.00785. The third-order valence-corrected chi connectivity index (χ3v) is 5.87. The van der Waals surface area contributed by atoms with Gasteiger partial charge in [-0.25, -0.2) is 4.98 Å². The number of amides is 1. The molecule has 0 saturated heterocycles. The Kier molecular flexibility index (Phi) is 8.64. The fraction of sp³-hybridized carbons (Fsp3) is 0.421. The molecule has 2 aromatic rings. The number of ether oxygens (including phenoxy) is 1. The van der Waals surface area contributed by atoms with Gasteiger partial charge in [0.25, 0.3) is 0 Å². The lowest BCUT2D eigenvalue weighted by atomic mass is 9.96. The van der Waals surface area contributed by atoms with Crippen molar-refractivity contribution in [2.24, 2.45) is 0 Å². The molecule has 1 aromatic carbocycles. The first kappa shape index (κ1) is 20.5. The Balaban J connectivity index is 1.75. The Labute approximate surface area is 162 Å². The van der Waals surface area contributed by atoms with Gasteiger partial charge in [0.15, 0.2) is 4.34 Å². The summed E-state index contributed by atoms with van der Waals surface area (Å²) in [5, 5.41) is 4.83. The van der Waals surface area contributed by atoms with Gasteiger partial charge < -0.3 is 10.1 Å². The van der Waals surface area contributed by atoms with Crippen molar-refractivity contribution >= 4 is 35.0 Å². The van der Waals surface area contributed by atoms with E-state index >= 15 is 0 Å². The Morgan fingerprint density at radius 3 is 2.73 bits per heavy atom. The summed E-state index contributed by atoms with van der Waals surface area (Å²) in [6, 6.07) is 10.2. The van der Waals surface area contributed by atoms with Crippen LogP contribution in [0.1, 0.15) is 37.4 Å². The van der Waals surface area contributed by atoms with E-state index in [2.05, 4.69) is 29.4 Å². The maximum Gasteiger partial charge on any atom is 0.311 e. The lowest BCUT2D eigenvalue weighted by molar-refractivity contribution is -0.142. The first-order valence-electron chi connectivity index (χ1n) is 8.66. The van der Waals surface area contributed by atoms with E-state index in [0.29, 0.717) is 30.5 Å². The van der Waals surface area contributed by atoms with Crippen LogP contribution in [0, 0.1) is 0 Å². The van der Waals surface area contributed by atoms with Crippen LogP contribution < -0.4 is 5.32 Å². The van der Waals surface area contributed by atoms with Crippen molar-refractivity contribution in [2.75, 3.05) is 18.9 Å². The highest BCUT2D eigenvalue weighted by molar-refractivity contribution is 8.01. The van der Waals surface area contributed by atoms with Gasteiger partial charge in [0, 0.05) is 17.8 Å². The Morgan fingerprint density at radius 1 is 1.27 bits per heavy atom. The van der Waals surface area contributed by atoms with Crippen LogP contribution in [-0.4, -0.2) is 35.8 Å².